The largest absolute Gasteiger partial charge is 0.457 e. The van der Waals surface area contributed by atoms with Gasteiger partial charge in [-0.1, -0.05) is 59.3 Å². The number of amides is 1. The second kappa shape index (κ2) is 7.52. The molecule has 0 bridgehead atoms. The Morgan fingerprint density at radius 3 is 2.48 bits per heavy atom. The van der Waals surface area contributed by atoms with E-state index in [-0.39, 0.29) is 5.91 Å². The molecule has 0 saturated carbocycles. The van der Waals surface area contributed by atoms with Crippen LogP contribution in [0.4, 0.5) is 5.69 Å². The van der Waals surface area contributed by atoms with Crippen molar-refractivity contribution in [2.24, 2.45) is 0 Å². The van der Waals surface area contributed by atoms with Gasteiger partial charge < -0.3 is 4.42 Å². The second-order valence-electron chi connectivity index (χ2n) is 5.68. The van der Waals surface area contributed by atoms with Gasteiger partial charge in [0.1, 0.15) is 11.5 Å². The molecule has 0 aliphatic carbocycles. The van der Waals surface area contributed by atoms with E-state index in [0.717, 1.165) is 5.56 Å². The summed E-state index contributed by atoms with van der Waals surface area (Å²) in [6, 6.07) is 18.0. The number of rotatable bonds is 3. The summed E-state index contributed by atoms with van der Waals surface area (Å²) in [7, 11) is 0. The van der Waals surface area contributed by atoms with Crippen molar-refractivity contribution >= 4 is 69.2 Å². The van der Waals surface area contributed by atoms with Crippen LogP contribution in [0.25, 0.3) is 17.4 Å². The van der Waals surface area contributed by atoms with Crippen LogP contribution in [0.3, 0.4) is 0 Å². The van der Waals surface area contributed by atoms with Crippen molar-refractivity contribution in [3.05, 3.63) is 81.4 Å². The number of benzene rings is 2. The van der Waals surface area contributed by atoms with E-state index >= 15 is 0 Å². The fourth-order valence-corrected chi connectivity index (χ4v) is 4.28. The number of furan rings is 1. The van der Waals surface area contributed by atoms with E-state index in [9.17, 15) is 4.79 Å². The molecule has 1 aromatic heterocycles. The van der Waals surface area contributed by atoms with E-state index in [0.29, 0.717) is 36.5 Å². The van der Waals surface area contributed by atoms with E-state index in [4.69, 9.17) is 39.8 Å². The van der Waals surface area contributed by atoms with Gasteiger partial charge in [0.25, 0.3) is 5.91 Å². The van der Waals surface area contributed by atoms with Crippen molar-refractivity contribution in [3.8, 4) is 11.3 Å². The summed E-state index contributed by atoms with van der Waals surface area (Å²) in [6.45, 7) is 0. The highest BCUT2D eigenvalue weighted by Gasteiger charge is 2.33. The highest BCUT2D eigenvalue weighted by Crippen LogP contribution is 2.37. The highest BCUT2D eigenvalue weighted by atomic mass is 35.5. The molecular formula is C20H11Cl2NO2S2. The van der Waals surface area contributed by atoms with Gasteiger partial charge in [-0.3, -0.25) is 9.69 Å². The standard InChI is InChI=1S/C20H11Cl2NO2S2/c21-12-5-7-13(8-6-12)23-19(24)18(27-20(23)26)11-14-9-10-17(25-14)15-3-1-2-4-16(15)22/h1-11H/b18-11-. The van der Waals surface area contributed by atoms with Gasteiger partial charge >= 0.3 is 0 Å². The molecule has 27 heavy (non-hydrogen) atoms. The Morgan fingerprint density at radius 1 is 1.00 bits per heavy atom. The molecule has 0 N–H and O–H groups in total. The monoisotopic (exact) mass is 431 g/mol. The van der Waals surface area contributed by atoms with Gasteiger partial charge in [-0.15, -0.1) is 0 Å². The SMILES string of the molecule is O=C1/C(=C/c2ccc(-c3ccccc3Cl)o2)SC(=S)N1c1ccc(Cl)cc1. The van der Waals surface area contributed by atoms with Crippen LogP contribution in [0.1, 0.15) is 5.76 Å². The minimum atomic E-state index is -0.192. The third-order valence-electron chi connectivity index (χ3n) is 3.92. The van der Waals surface area contributed by atoms with Crippen LogP contribution >= 0.6 is 47.2 Å². The first-order valence-corrected chi connectivity index (χ1v) is 9.89. The Bertz CT molecular complexity index is 1070. The fraction of sp³-hybridized carbons (Fsp3) is 0. The number of halogens is 2. The average Bonchev–Trinajstić information content (AvgIpc) is 3.22. The average molecular weight is 432 g/mol. The maximum atomic E-state index is 12.8. The number of thioether (sulfide) groups is 1. The summed E-state index contributed by atoms with van der Waals surface area (Å²) < 4.78 is 6.31. The Labute approximate surface area is 175 Å². The van der Waals surface area contributed by atoms with Gasteiger partial charge in [0.05, 0.1) is 15.6 Å². The molecule has 1 fully saturated rings. The van der Waals surface area contributed by atoms with Crippen LogP contribution in [-0.4, -0.2) is 10.2 Å². The lowest BCUT2D eigenvalue weighted by molar-refractivity contribution is -0.113. The molecule has 0 atom stereocenters. The maximum Gasteiger partial charge on any atom is 0.270 e. The predicted molar refractivity (Wildman–Crippen MR) is 116 cm³/mol. The summed E-state index contributed by atoms with van der Waals surface area (Å²) in [5, 5.41) is 1.20. The summed E-state index contributed by atoms with van der Waals surface area (Å²) in [6.07, 6.45) is 1.69. The van der Waals surface area contributed by atoms with Gasteiger partial charge in [0, 0.05) is 16.7 Å². The number of anilines is 1. The van der Waals surface area contributed by atoms with Crippen LogP contribution in [0, 0.1) is 0 Å². The molecule has 3 nitrogen and oxygen atoms in total. The molecule has 1 saturated heterocycles. The van der Waals surface area contributed by atoms with Crippen LogP contribution in [-0.2, 0) is 4.79 Å². The number of hydrogen-bond donors (Lipinski definition) is 0. The Hall–Kier alpha value is -2.05. The zero-order chi connectivity index (χ0) is 19.0. The molecule has 2 aromatic carbocycles. The summed E-state index contributed by atoms with van der Waals surface area (Å²) in [5.74, 6) is 1.00. The lowest BCUT2D eigenvalue weighted by atomic mass is 10.2. The minimum absolute atomic E-state index is 0.192. The Kier molecular flexibility index (Phi) is 5.10. The number of carbonyl (C=O) groups is 1. The molecule has 7 heteroatoms. The van der Waals surface area contributed by atoms with Crippen molar-refractivity contribution in [2.75, 3.05) is 4.90 Å². The molecule has 0 spiro atoms. The van der Waals surface area contributed by atoms with Crippen molar-refractivity contribution in [1.29, 1.82) is 0 Å². The van der Waals surface area contributed by atoms with Gasteiger partial charge in [-0.25, -0.2) is 0 Å². The molecule has 3 aromatic rings. The number of nitrogens with zero attached hydrogens (tertiary/aromatic N) is 1. The molecule has 134 valence electrons. The van der Waals surface area contributed by atoms with E-state index < -0.39 is 0 Å². The fourth-order valence-electron chi connectivity index (χ4n) is 2.65. The predicted octanol–water partition coefficient (Wildman–Crippen LogP) is 6.66. The van der Waals surface area contributed by atoms with Crippen molar-refractivity contribution in [1.82, 2.24) is 0 Å². The lowest BCUT2D eigenvalue weighted by Crippen LogP contribution is -2.27. The molecule has 1 amide bonds. The van der Waals surface area contributed by atoms with E-state index in [1.54, 1.807) is 42.5 Å². The summed E-state index contributed by atoms with van der Waals surface area (Å²) in [4.78, 5) is 14.8. The normalized spacial score (nSPS) is 15.8. The van der Waals surface area contributed by atoms with Gasteiger partial charge in [0.15, 0.2) is 4.32 Å². The molecule has 0 radical (unpaired) electrons. The van der Waals surface area contributed by atoms with E-state index in [1.807, 2.05) is 24.3 Å². The quantitative estimate of drug-likeness (QED) is 0.342. The molecular weight excluding hydrogens is 421 g/mol. The Balaban J connectivity index is 1.62. The third-order valence-corrected chi connectivity index (χ3v) is 5.80. The first-order chi connectivity index (χ1) is 13.0. The molecule has 0 unspecified atom stereocenters. The molecule has 1 aliphatic rings. The molecule has 4 rings (SSSR count). The highest BCUT2D eigenvalue weighted by molar-refractivity contribution is 8.27. The van der Waals surface area contributed by atoms with Crippen molar-refractivity contribution < 1.29 is 9.21 Å². The third kappa shape index (κ3) is 3.69. The van der Waals surface area contributed by atoms with Crippen LogP contribution in [0.5, 0.6) is 0 Å². The first kappa shape index (κ1) is 18.3. The van der Waals surface area contributed by atoms with Crippen LogP contribution in [0.15, 0.2) is 70.0 Å². The zero-order valence-corrected chi connectivity index (χ0v) is 16.8. The van der Waals surface area contributed by atoms with Gasteiger partial charge in [-0.05, 0) is 48.5 Å². The summed E-state index contributed by atoms with van der Waals surface area (Å²) >= 11 is 18.7. The summed E-state index contributed by atoms with van der Waals surface area (Å²) in [5.41, 5.74) is 1.48. The van der Waals surface area contributed by atoms with Gasteiger partial charge in [-0.2, -0.15) is 0 Å². The lowest BCUT2D eigenvalue weighted by Gasteiger charge is -2.14. The number of carbonyl (C=O) groups excluding carboxylic acids is 1. The minimum Gasteiger partial charge on any atom is -0.457 e. The maximum absolute atomic E-state index is 12.8. The van der Waals surface area contributed by atoms with Gasteiger partial charge in [0.2, 0.25) is 0 Å². The van der Waals surface area contributed by atoms with Crippen LogP contribution < -0.4 is 4.90 Å². The number of hydrogen-bond acceptors (Lipinski definition) is 4. The van der Waals surface area contributed by atoms with E-state index in [1.165, 1.54) is 16.7 Å². The molecule has 1 aliphatic heterocycles. The van der Waals surface area contributed by atoms with Crippen molar-refractivity contribution in [2.45, 2.75) is 0 Å². The smallest absolute Gasteiger partial charge is 0.270 e. The van der Waals surface area contributed by atoms with Crippen LogP contribution in [0.2, 0.25) is 10.0 Å². The van der Waals surface area contributed by atoms with E-state index in [2.05, 4.69) is 0 Å². The number of thiocarbonyl (C=S) groups is 1. The molecule has 2 heterocycles. The topological polar surface area (TPSA) is 33.5 Å². The Morgan fingerprint density at radius 2 is 1.74 bits per heavy atom. The zero-order valence-electron chi connectivity index (χ0n) is 13.7. The van der Waals surface area contributed by atoms with Crippen molar-refractivity contribution in [3.63, 3.8) is 0 Å². The first-order valence-electron chi connectivity index (χ1n) is 7.91. The second-order valence-corrected chi connectivity index (χ2v) is 8.19.